The number of aliphatic hydroxyl groups excluding tert-OH is 1. The molecule has 7 atom stereocenters. The summed E-state index contributed by atoms with van der Waals surface area (Å²) in [5.74, 6) is -0.362. The summed E-state index contributed by atoms with van der Waals surface area (Å²) in [6.45, 7) is 3.04. The van der Waals surface area contributed by atoms with Crippen molar-refractivity contribution in [1.29, 1.82) is 0 Å². The van der Waals surface area contributed by atoms with E-state index in [0.29, 0.717) is 0 Å². The molecule has 0 bridgehead atoms. The number of fused-ring (bicyclic) bond motifs is 1. The molecule has 2 aliphatic rings. The first kappa shape index (κ1) is 31.1. The first-order valence-electron chi connectivity index (χ1n) is 12.5. The van der Waals surface area contributed by atoms with Crippen LogP contribution in [0, 0.1) is 0 Å². The maximum absolute atomic E-state index is 13.8. The summed E-state index contributed by atoms with van der Waals surface area (Å²) in [5, 5.41) is 21.0. The van der Waals surface area contributed by atoms with Crippen molar-refractivity contribution in [2.24, 2.45) is 26.1 Å². The number of hydrogen-bond donors (Lipinski definition) is 2. The van der Waals surface area contributed by atoms with E-state index in [1.165, 1.54) is 19.0 Å². The number of benzene rings is 2. The lowest BCUT2D eigenvalue weighted by molar-refractivity contribution is -0.313. The Morgan fingerprint density at radius 2 is 1.88 bits per heavy atom. The van der Waals surface area contributed by atoms with E-state index >= 15 is 0 Å². The topological polar surface area (TPSA) is 127 Å². The molecule has 2 aromatic carbocycles. The van der Waals surface area contributed by atoms with Gasteiger partial charge in [-0.1, -0.05) is 58.8 Å². The fraction of sp³-hybridized carbons (Fsp3) is 0.462. The minimum Gasteiger partial charge on any atom is -0.388 e. The van der Waals surface area contributed by atoms with Crippen LogP contribution in [0.1, 0.15) is 31.3 Å². The van der Waals surface area contributed by atoms with E-state index < -0.39 is 59.7 Å². The third kappa shape index (κ3) is 7.16. The Kier molecular flexibility index (Phi) is 9.88. The molecular formula is C26H29Cl2F3N6O4. The molecular weight excluding hydrogens is 588 g/mol. The van der Waals surface area contributed by atoms with Crippen LogP contribution in [0.5, 0.6) is 0 Å². The summed E-state index contributed by atoms with van der Waals surface area (Å²) in [6.07, 6.45) is -10.2. The highest BCUT2D eigenvalue weighted by Gasteiger charge is 2.54. The summed E-state index contributed by atoms with van der Waals surface area (Å²) in [5.41, 5.74) is 4.18. The van der Waals surface area contributed by atoms with E-state index in [-0.39, 0.29) is 23.3 Å². The number of rotatable bonds is 6. The Morgan fingerprint density at radius 1 is 1.17 bits per heavy atom. The van der Waals surface area contributed by atoms with Gasteiger partial charge in [0.25, 0.3) is 0 Å². The number of ether oxygens (including phenoxy) is 3. The van der Waals surface area contributed by atoms with Gasteiger partial charge in [-0.15, -0.1) is 0 Å². The van der Waals surface area contributed by atoms with Gasteiger partial charge in [0.1, 0.15) is 36.0 Å². The first-order chi connectivity index (χ1) is 19.4. The Morgan fingerprint density at radius 3 is 2.49 bits per heavy atom. The Bertz CT molecular complexity index is 1290. The van der Waals surface area contributed by atoms with Crippen LogP contribution in [-0.2, 0) is 20.4 Å². The number of nitrogens with two attached hydrogens (primary N) is 1. The van der Waals surface area contributed by atoms with Crippen molar-refractivity contribution in [2.75, 3.05) is 13.7 Å². The molecule has 41 heavy (non-hydrogen) atoms. The molecule has 4 rings (SSSR count). The summed E-state index contributed by atoms with van der Waals surface area (Å²) >= 11 is 12.5. The number of hydrogen-bond acceptors (Lipinski definition) is 7. The third-order valence-corrected chi connectivity index (χ3v) is 6.79. The van der Waals surface area contributed by atoms with E-state index in [1.807, 2.05) is 30.3 Å². The summed E-state index contributed by atoms with van der Waals surface area (Å²) in [7, 11) is 1.43. The molecule has 0 aliphatic carbocycles. The quantitative estimate of drug-likeness (QED) is 0.114. The van der Waals surface area contributed by atoms with Gasteiger partial charge in [0.05, 0.1) is 30.7 Å². The van der Waals surface area contributed by atoms with E-state index in [1.54, 1.807) is 6.92 Å². The summed E-state index contributed by atoms with van der Waals surface area (Å²) in [4.78, 5) is 8.30. The van der Waals surface area contributed by atoms with Crippen LogP contribution in [0.2, 0.25) is 5.02 Å². The number of aliphatic hydroxyl groups is 1. The van der Waals surface area contributed by atoms with Crippen LogP contribution in [-0.4, -0.2) is 71.4 Å². The molecule has 2 saturated heterocycles. The second-order valence-electron chi connectivity index (χ2n) is 9.38. The van der Waals surface area contributed by atoms with Gasteiger partial charge >= 0.3 is 6.18 Å². The average molecular weight is 617 g/mol. The Labute approximate surface area is 244 Å². The second kappa shape index (κ2) is 13.0. The predicted molar refractivity (Wildman–Crippen MR) is 147 cm³/mol. The smallest absolute Gasteiger partial charge is 0.388 e. The zero-order valence-electron chi connectivity index (χ0n) is 22.2. The standard InChI is InChI=1S/C26H29Cl2F3N6O4/c1-13(27)37(36-33-3)20-21(38)23(40-19-12-39-25(41-22(19)20)15-7-5-4-6-8-15)24(34-14(2)32)35-18-11-16(28)9-10-17(18)26(29,30)31/h4-11,13,19-23,25,38H,12H2,1-3H3,(H2,32,34,35)/t13?,19-,20-,21-,22+,23-,25?/m1/s1. The number of aliphatic imine (C=N–C) groups is 2. The number of alkyl halides is 4. The molecule has 2 aromatic rings. The molecule has 2 fully saturated rings. The number of halogens is 5. The molecule has 15 heteroatoms. The normalized spacial score (nSPS) is 28.4. The molecule has 0 spiro atoms. The molecule has 2 heterocycles. The Balaban J connectivity index is 1.80. The molecule has 0 amide bonds. The van der Waals surface area contributed by atoms with Crippen LogP contribution in [0.25, 0.3) is 0 Å². The minimum atomic E-state index is -4.75. The molecule has 2 unspecified atom stereocenters. The van der Waals surface area contributed by atoms with E-state index in [4.69, 9.17) is 43.1 Å². The van der Waals surface area contributed by atoms with Crippen molar-refractivity contribution >= 4 is 40.6 Å². The van der Waals surface area contributed by atoms with Crippen molar-refractivity contribution in [2.45, 2.75) is 62.3 Å². The van der Waals surface area contributed by atoms with E-state index in [2.05, 4.69) is 20.3 Å². The lowest BCUT2D eigenvalue weighted by atomic mass is 9.90. The monoisotopic (exact) mass is 616 g/mol. The SMILES string of the molecule is CN=NN(C(C)Cl)[C@@H]1[C@@H](O)[C@H](C(N=C(C)N)=Nc2cc(Cl)ccc2C(F)(F)F)O[C@@H]2COC(c3ccccc3)O[C@H]12. The molecule has 0 radical (unpaired) electrons. The van der Waals surface area contributed by atoms with Crippen molar-refractivity contribution in [3.8, 4) is 0 Å². The molecule has 222 valence electrons. The second-order valence-corrected chi connectivity index (χ2v) is 10.4. The molecule has 0 aromatic heterocycles. The van der Waals surface area contributed by atoms with Gasteiger partial charge in [-0.25, -0.2) is 9.98 Å². The van der Waals surface area contributed by atoms with Gasteiger partial charge in [-0.3, -0.25) is 5.01 Å². The minimum absolute atomic E-state index is 0.00128. The lowest BCUT2D eigenvalue weighted by Gasteiger charge is -2.50. The number of nitrogens with zero attached hydrogens (tertiary/aromatic N) is 5. The van der Waals surface area contributed by atoms with Gasteiger partial charge in [0.15, 0.2) is 12.1 Å². The zero-order chi connectivity index (χ0) is 29.9. The highest BCUT2D eigenvalue weighted by atomic mass is 35.5. The number of amidine groups is 2. The van der Waals surface area contributed by atoms with Gasteiger partial charge in [0, 0.05) is 10.6 Å². The molecule has 2 aliphatic heterocycles. The highest BCUT2D eigenvalue weighted by molar-refractivity contribution is 6.30. The van der Waals surface area contributed by atoms with Gasteiger partial charge < -0.3 is 25.1 Å². The third-order valence-electron chi connectivity index (χ3n) is 6.36. The molecule has 0 saturated carbocycles. The van der Waals surface area contributed by atoms with E-state index in [0.717, 1.165) is 23.8 Å². The maximum Gasteiger partial charge on any atom is 0.418 e. The lowest BCUT2D eigenvalue weighted by Crippen LogP contribution is -2.67. The predicted octanol–water partition coefficient (Wildman–Crippen LogP) is 5.26. The van der Waals surface area contributed by atoms with Gasteiger partial charge in [0.2, 0.25) is 0 Å². The summed E-state index contributed by atoms with van der Waals surface area (Å²) < 4.78 is 59.8. The van der Waals surface area contributed by atoms with Crippen LogP contribution < -0.4 is 5.73 Å². The highest BCUT2D eigenvalue weighted by Crippen LogP contribution is 2.40. The first-order valence-corrected chi connectivity index (χ1v) is 13.4. The molecule has 10 nitrogen and oxygen atoms in total. The van der Waals surface area contributed by atoms with Crippen molar-refractivity contribution < 1.29 is 32.5 Å². The Hall–Kier alpha value is -2.81. The van der Waals surface area contributed by atoms with Gasteiger partial charge in [-0.2, -0.15) is 18.3 Å². The fourth-order valence-electron chi connectivity index (χ4n) is 4.68. The fourth-order valence-corrected chi connectivity index (χ4v) is 5.01. The van der Waals surface area contributed by atoms with E-state index in [9.17, 15) is 18.3 Å². The maximum atomic E-state index is 13.8. The van der Waals surface area contributed by atoms with Crippen LogP contribution >= 0.6 is 23.2 Å². The summed E-state index contributed by atoms with van der Waals surface area (Å²) in [6, 6.07) is 11.1. The van der Waals surface area contributed by atoms with Crippen molar-refractivity contribution in [3.05, 3.63) is 64.7 Å². The van der Waals surface area contributed by atoms with Crippen molar-refractivity contribution in [3.63, 3.8) is 0 Å². The largest absolute Gasteiger partial charge is 0.418 e. The van der Waals surface area contributed by atoms with Gasteiger partial charge in [-0.05, 0) is 32.0 Å². The average Bonchev–Trinajstić information content (AvgIpc) is 2.90. The van der Waals surface area contributed by atoms with Crippen LogP contribution in [0.4, 0.5) is 18.9 Å². The van der Waals surface area contributed by atoms with Crippen LogP contribution in [0.15, 0.2) is 68.9 Å². The van der Waals surface area contributed by atoms with Crippen LogP contribution in [0.3, 0.4) is 0 Å². The molecule has 3 N–H and O–H groups in total. The van der Waals surface area contributed by atoms with Crippen molar-refractivity contribution in [1.82, 2.24) is 5.01 Å². The zero-order valence-corrected chi connectivity index (χ0v) is 23.8.